The van der Waals surface area contributed by atoms with Crippen LogP contribution < -0.4 is 5.73 Å². The number of ether oxygens (including phenoxy) is 1. The summed E-state index contributed by atoms with van der Waals surface area (Å²) < 4.78 is 17.7. The molecule has 80 valence electrons. The van der Waals surface area contributed by atoms with E-state index in [1.165, 1.54) is 24.3 Å². The number of ketones is 1. The number of carbonyl (C=O) groups is 1. The third kappa shape index (κ3) is 1.66. The van der Waals surface area contributed by atoms with Crippen molar-refractivity contribution in [2.75, 3.05) is 19.8 Å². The number of carbonyl (C=O) groups excluding carboxylic acids is 1. The quantitative estimate of drug-likeness (QED) is 0.755. The van der Waals surface area contributed by atoms with E-state index in [1.807, 2.05) is 0 Å². The molecule has 2 N–H and O–H groups in total. The molecule has 1 fully saturated rings. The summed E-state index contributed by atoms with van der Waals surface area (Å²) >= 11 is 0. The lowest BCUT2D eigenvalue weighted by molar-refractivity contribution is -0.0816. The maximum absolute atomic E-state index is 12.7. The van der Waals surface area contributed by atoms with Crippen LogP contribution in [0.5, 0.6) is 0 Å². The van der Waals surface area contributed by atoms with Crippen molar-refractivity contribution in [1.82, 2.24) is 0 Å². The van der Waals surface area contributed by atoms with Crippen molar-refractivity contribution in [1.29, 1.82) is 0 Å². The fourth-order valence-corrected chi connectivity index (χ4v) is 1.60. The van der Waals surface area contributed by atoms with Crippen molar-refractivity contribution in [2.45, 2.75) is 0 Å². The van der Waals surface area contributed by atoms with Gasteiger partial charge in [-0.15, -0.1) is 0 Å². The van der Waals surface area contributed by atoms with Crippen LogP contribution in [-0.4, -0.2) is 25.5 Å². The van der Waals surface area contributed by atoms with Crippen LogP contribution in [-0.2, 0) is 4.74 Å². The number of hydrogen-bond acceptors (Lipinski definition) is 3. The molecule has 0 aromatic heterocycles. The Hall–Kier alpha value is -1.26. The summed E-state index contributed by atoms with van der Waals surface area (Å²) in [6.07, 6.45) is 0. The molecule has 1 aromatic rings. The highest BCUT2D eigenvalue weighted by atomic mass is 19.1. The molecule has 3 nitrogen and oxygen atoms in total. The number of rotatable bonds is 3. The zero-order valence-electron chi connectivity index (χ0n) is 8.20. The Bertz CT molecular complexity index is 365. The minimum atomic E-state index is -0.585. The maximum atomic E-state index is 12.7. The van der Waals surface area contributed by atoms with Gasteiger partial charge in [0, 0.05) is 12.1 Å². The topological polar surface area (TPSA) is 52.3 Å². The Morgan fingerprint density at radius 3 is 2.40 bits per heavy atom. The lowest BCUT2D eigenvalue weighted by atomic mass is 9.78. The van der Waals surface area contributed by atoms with Crippen LogP contribution in [0.3, 0.4) is 0 Å². The second kappa shape index (κ2) is 3.72. The zero-order chi connectivity index (χ0) is 10.9. The lowest BCUT2D eigenvalue weighted by Gasteiger charge is -2.38. The summed E-state index contributed by atoms with van der Waals surface area (Å²) in [4.78, 5) is 12.0. The third-order valence-electron chi connectivity index (χ3n) is 2.74. The number of halogens is 1. The molecule has 0 aliphatic carbocycles. The highest BCUT2D eigenvalue weighted by molar-refractivity contribution is 6.01. The van der Waals surface area contributed by atoms with Crippen molar-refractivity contribution >= 4 is 5.78 Å². The average molecular weight is 209 g/mol. The number of nitrogens with two attached hydrogens (primary N) is 1. The standard InChI is InChI=1S/C11H12FNO2/c12-9-3-1-8(2-4-9)10(14)11(5-13)6-15-7-11/h1-4H,5-7,13H2. The molecule has 1 heterocycles. The summed E-state index contributed by atoms with van der Waals surface area (Å²) in [6, 6.07) is 5.51. The summed E-state index contributed by atoms with van der Waals surface area (Å²) in [5.74, 6) is -0.408. The first kappa shape index (κ1) is 10.3. The minimum Gasteiger partial charge on any atom is -0.379 e. The first-order valence-electron chi connectivity index (χ1n) is 4.76. The van der Waals surface area contributed by atoms with E-state index in [9.17, 15) is 9.18 Å². The summed E-state index contributed by atoms with van der Waals surface area (Å²) in [5, 5.41) is 0. The summed E-state index contributed by atoms with van der Waals surface area (Å²) in [7, 11) is 0. The molecule has 0 amide bonds. The van der Waals surface area contributed by atoms with Crippen LogP contribution in [0.1, 0.15) is 10.4 Å². The number of benzene rings is 1. The first-order chi connectivity index (χ1) is 7.18. The van der Waals surface area contributed by atoms with Gasteiger partial charge in [0.2, 0.25) is 0 Å². The molecule has 1 aliphatic rings. The molecule has 0 unspecified atom stereocenters. The van der Waals surface area contributed by atoms with Gasteiger partial charge in [-0.2, -0.15) is 0 Å². The van der Waals surface area contributed by atoms with E-state index in [2.05, 4.69) is 0 Å². The fourth-order valence-electron chi connectivity index (χ4n) is 1.60. The van der Waals surface area contributed by atoms with Gasteiger partial charge >= 0.3 is 0 Å². The van der Waals surface area contributed by atoms with Gasteiger partial charge in [-0.1, -0.05) is 0 Å². The molecule has 0 saturated carbocycles. The second-order valence-corrected chi connectivity index (χ2v) is 3.81. The Morgan fingerprint density at radius 1 is 1.40 bits per heavy atom. The summed E-state index contributed by atoms with van der Waals surface area (Å²) in [5.41, 5.74) is 5.47. The minimum absolute atomic E-state index is 0.0590. The maximum Gasteiger partial charge on any atom is 0.174 e. The number of Topliss-reactive ketones (excluding diaryl/α,β-unsaturated/α-hetero) is 1. The summed E-state index contributed by atoms with van der Waals surface area (Å²) in [6.45, 7) is 0.989. The van der Waals surface area contributed by atoms with Gasteiger partial charge in [0.25, 0.3) is 0 Å². The molecular weight excluding hydrogens is 197 g/mol. The molecule has 15 heavy (non-hydrogen) atoms. The van der Waals surface area contributed by atoms with Gasteiger partial charge < -0.3 is 10.5 Å². The lowest BCUT2D eigenvalue weighted by Crippen LogP contribution is -2.54. The highest BCUT2D eigenvalue weighted by Gasteiger charge is 2.44. The van der Waals surface area contributed by atoms with Gasteiger partial charge in [-0.25, -0.2) is 4.39 Å². The van der Waals surface area contributed by atoms with E-state index in [1.54, 1.807) is 0 Å². The van der Waals surface area contributed by atoms with Crippen molar-refractivity contribution in [3.63, 3.8) is 0 Å². The smallest absolute Gasteiger partial charge is 0.174 e. The Morgan fingerprint density at radius 2 is 2.00 bits per heavy atom. The molecular formula is C11H12FNO2. The molecule has 0 radical (unpaired) electrons. The fraction of sp³-hybridized carbons (Fsp3) is 0.364. The van der Waals surface area contributed by atoms with E-state index >= 15 is 0 Å². The van der Waals surface area contributed by atoms with E-state index in [0.717, 1.165) is 0 Å². The van der Waals surface area contributed by atoms with Gasteiger partial charge in [0.05, 0.1) is 18.6 Å². The Labute approximate surface area is 87.0 Å². The molecule has 1 aromatic carbocycles. The normalized spacial score (nSPS) is 18.3. The van der Waals surface area contributed by atoms with Gasteiger partial charge in [-0.3, -0.25) is 4.79 Å². The van der Waals surface area contributed by atoms with E-state index in [0.29, 0.717) is 18.8 Å². The largest absolute Gasteiger partial charge is 0.379 e. The second-order valence-electron chi connectivity index (χ2n) is 3.81. The predicted octanol–water partition coefficient (Wildman–Crippen LogP) is 0.984. The molecule has 1 saturated heterocycles. The van der Waals surface area contributed by atoms with Crippen molar-refractivity contribution in [2.24, 2.45) is 11.1 Å². The highest BCUT2D eigenvalue weighted by Crippen LogP contribution is 2.30. The van der Waals surface area contributed by atoms with Crippen LogP contribution in [0, 0.1) is 11.2 Å². The monoisotopic (exact) mass is 209 g/mol. The third-order valence-corrected chi connectivity index (χ3v) is 2.74. The van der Waals surface area contributed by atoms with Crippen molar-refractivity contribution in [3.05, 3.63) is 35.6 Å². The van der Waals surface area contributed by atoms with Gasteiger partial charge in [0.1, 0.15) is 5.82 Å². The zero-order valence-corrected chi connectivity index (χ0v) is 8.20. The van der Waals surface area contributed by atoms with Crippen molar-refractivity contribution in [3.8, 4) is 0 Å². The SMILES string of the molecule is NCC1(C(=O)c2ccc(F)cc2)COC1. The van der Waals surface area contributed by atoms with E-state index in [-0.39, 0.29) is 18.1 Å². The van der Waals surface area contributed by atoms with E-state index < -0.39 is 5.41 Å². The van der Waals surface area contributed by atoms with Crippen LogP contribution in [0.25, 0.3) is 0 Å². The molecule has 2 rings (SSSR count). The molecule has 0 spiro atoms. The molecule has 1 aliphatic heterocycles. The van der Waals surface area contributed by atoms with Crippen molar-refractivity contribution < 1.29 is 13.9 Å². The molecule has 0 atom stereocenters. The number of hydrogen-bond donors (Lipinski definition) is 1. The van der Waals surface area contributed by atoms with Crippen LogP contribution in [0.2, 0.25) is 0 Å². The molecule has 4 heteroatoms. The first-order valence-corrected chi connectivity index (χ1v) is 4.76. The Kier molecular flexibility index (Phi) is 2.54. The van der Waals surface area contributed by atoms with Gasteiger partial charge in [0.15, 0.2) is 5.78 Å². The average Bonchev–Trinajstić information content (AvgIpc) is 2.18. The van der Waals surface area contributed by atoms with E-state index in [4.69, 9.17) is 10.5 Å². The van der Waals surface area contributed by atoms with Crippen LogP contribution >= 0.6 is 0 Å². The predicted molar refractivity (Wildman–Crippen MR) is 53.0 cm³/mol. The molecule has 0 bridgehead atoms. The Balaban J connectivity index is 2.24. The van der Waals surface area contributed by atoms with Crippen LogP contribution in [0.15, 0.2) is 24.3 Å². The van der Waals surface area contributed by atoms with Gasteiger partial charge in [-0.05, 0) is 24.3 Å². The van der Waals surface area contributed by atoms with Crippen LogP contribution in [0.4, 0.5) is 4.39 Å².